The third-order valence-corrected chi connectivity index (χ3v) is 2.54. The fourth-order valence-corrected chi connectivity index (χ4v) is 1.77. The molecule has 0 radical (unpaired) electrons. The molecule has 0 aromatic heterocycles. The van der Waals surface area contributed by atoms with Gasteiger partial charge in [-0.3, -0.25) is 0 Å². The second kappa shape index (κ2) is 5.37. The number of rotatable bonds is 4. The van der Waals surface area contributed by atoms with Crippen molar-refractivity contribution >= 4 is 12.6 Å². The highest BCUT2D eigenvalue weighted by Gasteiger charge is 2.12. The van der Waals surface area contributed by atoms with Crippen molar-refractivity contribution in [2.45, 2.75) is 12.5 Å². The van der Waals surface area contributed by atoms with Crippen LogP contribution in [0.4, 0.5) is 4.39 Å². The first-order chi connectivity index (χ1) is 6.65. The zero-order valence-electron chi connectivity index (χ0n) is 8.57. The van der Waals surface area contributed by atoms with Crippen molar-refractivity contribution < 1.29 is 4.39 Å². The maximum absolute atomic E-state index is 12.7. The Morgan fingerprint density at radius 1 is 1.29 bits per heavy atom. The third kappa shape index (κ3) is 3.00. The molecule has 0 saturated carbocycles. The number of thiol groups is 1. The molecule has 78 valence electrons. The number of hydrogen-bond donors (Lipinski definition) is 1. The van der Waals surface area contributed by atoms with Gasteiger partial charge in [0.05, 0.1) is 0 Å². The Labute approximate surface area is 90.3 Å². The molecule has 1 atom stereocenters. The minimum Gasteiger partial charge on any atom is -0.302 e. The average molecular weight is 213 g/mol. The van der Waals surface area contributed by atoms with Gasteiger partial charge in [0.25, 0.3) is 0 Å². The quantitative estimate of drug-likeness (QED) is 0.753. The summed E-state index contributed by atoms with van der Waals surface area (Å²) >= 11 is 4.22. The van der Waals surface area contributed by atoms with Gasteiger partial charge in [-0.05, 0) is 44.0 Å². The molecule has 1 aromatic rings. The molecule has 1 rings (SSSR count). The minimum absolute atomic E-state index is 0.183. The van der Waals surface area contributed by atoms with Crippen LogP contribution in [0.25, 0.3) is 0 Å². The summed E-state index contributed by atoms with van der Waals surface area (Å²) in [6.07, 6.45) is 0.974. The number of halogens is 1. The van der Waals surface area contributed by atoms with Crippen LogP contribution in [0.1, 0.15) is 18.0 Å². The van der Waals surface area contributed by atoms with E-state index in [2.05, 4.69) is 17.5 Å². The molecule has 0 aliphatic carbocycles. The van der Waals surface area contributed by atoms with E-state index in [1.54, 1.807) is 0 Å². The van der Waals surface area contributed by atoms with Crippen molar-refractivity contribution in [3.63, 3.8) is 0 Å². The predicted molar refractivity (Wildman–Crippen MR) is 61.3 cm³/mol. The predicted octanol–water partition coefficient (Wildman–Crippen LogP) is 2.75. The normalized spacial score (nSPS) is 13.2. The Balaban J connectivity index is 2.82. The number of nitrogens with zero attached hydrogens (tertiary/aromatic N) is 1. The molecule has 0 N–H and O–H groups in total. The molecule has 0 saturated heterocycles. The largest absolute Gasteiger partial charge is 0.302 e. The molecule has 0 fully saturated rings. The molecule has 0 bridgehead atoms. The number of benzene rings is 1. The summed E-state index contributed by atoms with van der Waals surface area (Å²) in [5.74, 6) is 0.650. The molecular weight excluding hydrogens is 197 g/mol. The fraction of sp³-hybridized carbons (Fsp3) is 0.455. The van der Waals surface area contributed by atoms with Crippen molar-refractivity contribution in [1.82, 2.24) is 4.90 Å². The van der Waals surface area contributed by atoms with E-state index in [9.17, 15) is 4.39 Å². The van der Waals surface area contributed by atoms with Crippen LogP contribution < -0.4 is 0 Å². The van der Waals surface area contributed by atoms with Gasteiger partial charge in [-0.2, -0.15) is 12.6 Å². The fourth-order valence-electron chi connectivity index (χ4n) is 1.53. The van der Waals surface area contributed by atoms with E-state index < -0.39 is 0 Å². The summed E-state index contributed by atoms with van der Waals surface area (Å²) in [5, 5.41) is 0. The van der Waals surface area contributed by atoms with Crippen molar-refractivity contribution in [3.05, 3.63) is 35.6 Å². The Kier molecular flexibility index (Phi) is 4.42. The molecule has 0 heterocycles. The summed E-state index contributed by atoms with van der Waals surface area (Å²) in [4.78, 5) is 2.13. The summed E-state index contributed by atoms with van der Waals surface area (Å²) in [6.45, 7) is 0. The topological polar surface area (TPSA) is 3.24 Å². The lowest BCUT2D eigenvalue weighted by molar-refractivity contribution is 0.293. The summed E-state index contributed by atoms with van der Waals surface area (Å²) in [5.41, 5.74) is 1.14. The van der Waals surface area contributed by atoms with Crippen molar-refractivity contribution in [1.29, 1.82) is 0 Å². The highest BCUT2D eigenvalue weighted by Crippen LogP contribution is 2.22. The summed E-state index contributed by atoms with van der Waals surface area (Å²) in [6, 6.07) is 7.01. The molecule has 1 aromatic carbocycles. The first kappa shape index (κ1) is 11.5. The van der Waals surface area contributed by atoms with E-state index >= 15 is 0 Å². The molecule has 0 amide bonds. The molecule has 1 unspecified atom stereocenters. The third-order valence-electron chi connectivity index (χ3n) is 2.28. The zero-order chi connectivity index (χ0) is 10.6. The van der Waals surface area contributed by atoms with Crippen molar-refractivity contribution in [2.24, 2.45) is 0 Å². The second-order valence-corrected chi connectivity index (χ2v) is 3.99. The SMILES string of the molecule is CN(C)C(CCS)c1ccc(F)cc1. The molecule has 0 spiro atoms. The van der Waals surface area contributed by atoms with Crippen LogP contribution in [0.2, 0.25) is 0 Å². The van der Waals surface area contributed by atoms with Crippen LogP contribution in [-0.2, 0) is 0 Å². The van der Waals surface area contributed by atoms with E-state index in [0.717, 1.165) is 17.7 Å². The lowest BCUT2D eigenvalue weighted by Gasteiger charge is -2.24. The highest BCUT2D eigenvalue weighted by molar-refractivity contribution is 7.80. The van der Waals surface area contributed by atoms with Gasteiger partial charge in [0, 0.05) is 6.04 Å². The zero-order valence-corrected chi connectivity index (χ0v) is 9.47. The first-order valence-corrected chi connectivity index (χ1v) is 5.31. The second-order valence-electron chi connectivity index (χ2n) is 3.54. The Morgan fingerprint density at radius 2 is 1.86 bits per heavy atom. The van der Waals surface area contributed by atoms with Gasteiger partial charge in [-0.25, -0.2) is 4.39 Å². The molecule has 3 heteroatoms. The Morgan fingerprint density at radius 3 is 2.29 bits per heavy atom. The van der Waals surface area contributed by atoms with Crippen LogP contribution in [0.5, 0.6) is 0 Å². The molecule has 1 nitrogen and oxygen atoms in total. The number of hydrogen-bond acceptors (Lipinski definition) is 2. The summed E-state index contributed by atoms with van der Waals surface area (Å²) < 4.78 is 12.7. The maximum atomic E-state index is 12.7. The van der Waals surface area contributed by atoms with Gasteiger partial charge in [-0.1, -0.05) is 12.1 Å². The van der Waals surface area contributed by atoms with Crippen molar-refractivity contribution in [2.75, 3.05) is 19.8 Å². The van der Waals surface area contributed by atoms with E-state index in [0.29, 0.717) is 6.04 Å². The smallest absolute Gasteiger partial charge is 0.123 e. The van der Waals surface area contributed by atoms with E-state index in [-0.39, 0.29) is 5.82 Å². The lowest BCUT2D eigenvalue weighted by Crippen LogP contribution is -2.20. The Bertz CT molecular complexity index is 271. The monoisotopic (exact) mass is 213 g/mol. The van der Waals surface area contributed by atoms with Gasteiger partial charge >= 0.3 is 0 Å². The van der Waals surface area contributed by atoms with Gasteiger partial charge in [0.2, 0.25) is 0 Å². The molecule has 0 aliphatic rings. The van der Waals surface area contributed by atoms with E-state index in [1.165, 1.54) is 12.1 Å². The lowest BCUT2D eigenvalue weighted by atomic mass is 10.0. The van der Waals surface area contributed by atoms with Crippen molar-refractivity contribution in [3.8, 4) is 0 Å². The van der Waals surface area contributed by atoms with Crippen LogP contribution >= 0.6 is 12.6 Å². The molecule has 14 heavy (non-hydrogen) atoms. The summed E-state index contributed by atoms with van der Waals surface area (Å²) in [7, 11) is 4.05. The van der Waals surface area contributed by atoms with E-state index in [1.807, 2.05) is 26.2 Å². The molecular formula is C11H16FNS. The van der Waals surface area contributed by atoms with Crippen LogP contribution in [0.3, 0.4) is 0 Å². The van der Waals surface area contributed by atoms with Crippen LogP contribution in [0, 0.1) is 5.82 Å². The van der Waals surface area contributed by atoms with Gasteiger partial charge in [-0.15, -0.1) is 0 Å². The van der Waals surface area contributed by atoms with Gasteiger partial charge in [0.15, 0.2) is 0 Å². The maximum Gasteiger partial charge on any atom is 0.123 e. The van der Waals surface area contributed by atoms with E-state index in [4.69, 9.17) is 0 Å². The van der Waals surface area contributed by atoms with Gasteiger partial charge < -0.3 is 4.90 Å². The first-order valence-electron chi connectivity index (χ1n) is 4.68. The minimum atomic E-state index is -0.183. The Hall–Kier alpha value is -0.540. The van der Waals surface area contributed by atoms with Gasteiger partial charge in [0.1, 0.15) is 5.82 Å². The van der Waals surface area contributed by atoms with Crippen LogP contribution in [-0.4, -0.2) is 24.7 Å². The highest BCUT2D eigenvalue weighted by atomic mass is 32.1. The standard InChI is InChI=1S/C11H16FNS/c1-13(2)11(7-8-14)9-3-5-10(12)6-4-9/h3-6,11,14H,7-8H2,1-2H3. The van der Waals surface area contributed by atoms with Crippen LogP contribution in [0.15, 0.2) is 24.3 Å². The average Bonchev–Trinajstić information content (AvgIpc) is 2.15. The molecule has 0 aliphatic heterocycles.